The standard InChI is InChI=1S/C24H20O3/c25-21(15-8-7-12-19-10-3-1-4-11-19)24-22(26)16-9-17-23(24)27-18-20-13-5-2-6-14-20/h1-17,26H,18H2/b12-7+,15-8?. The van der Waals surface area contributed by atoms with Crippen molar-refractivity contribution in [3.05, 3.63) is 114 Å². The Bertz CT molecular complexity index is 942. The first-order valence-electron chi connectivity index (χ1n) is 8.67. The largest absolute Gasteiger partial charge is 0.507 e. The number of benzene rings is 3. The van der Waals surface area contributed by atoms with Crippen molar-refractivity contribution in [3.8, 4) is 11.5 Å². The number of ether oxygens (including phenoxy) is 1. The molecule has 1 N–H and O–H groups in total. The Labute approximate surface area is 158 Å². The van der Waals surface area contributed by atoms with Gasteiger partial charge >= 0.3 is 0 Å². The Morgan fingerprint density at radius 2 is 1.56 bits per heavy atom. The predicted molar refractivity (Wildman–Crippen MR) is 108 cm³/mol. The van der Waals surface area contributed by atoms with Crippen LogP contribution in [0.2, 0.25) is 0 Å². The van der Waals surface area contributed by atoms with Crippen LogP contribution in [0, 0.1) is 0 Å². The zero-order chi connectivity index (χ0) is 18.9. The molecule has 3 nitrogen and oxygen atoms in total. The molecule has 3 aromatic rings. The molecule has 0 aliphatic rings. The summed E-state index contributed by atoms with van der Waals surface area (Å²) in [6.45, 7) is 0.322. The lowest BCUT2D eigenvalue weighted by molar-refractivity contribution is 0.104. The maximum Gasteiger partial charge on any atom is 0.193 e. The van der Waals surface area contributed by atoms with Crippen molar-refractivity contribution in [2.24, 2.45) is 0 Å². The minimum atomic E-state index is -0.311. The second-order valence-electron chi connectivity index (χ2n) is 5.92. The summed E-state index contributed by atoms with van der Waals surface area (Å²) in [5.74, 6) is -0.0448. The number of phenolic OH excluding ortho intramolecular Hbond substituents is 1. The number of hydrogen-bond donors (Lipinski definition) is 1. The van der Waals surface area contributed by atoms with E-state index in [1.807, 2.05) is 66.7 Å². The van der Waals surface area contributed by atoms with Gasteiger partial charge in [-0.2, -0.15) is 0 Å². The van der Waals surface area contributed by atoms with E-state index in [1.54, 1.807) is 24.3 Å². The fraction of sp³-hybridized carbons (Fsp3) is 0.0417. The highest BCUT2D eigenvalue weighted by Crippen LogP contribution is 2.29. The van der Waals surface area contributed by atoms with Crippen molar-refractivity contribution in [2.75, 3.05) is 0 Å². The van der Waals surface area contributed by atoms with Crippen LogP contribution in [0.4, 0.5) is 0 Å². The van der Waals surface area contributed by atoms with Crippen LogP contribution >= 0.6 is 0 Å². The molecular formula is C24H20O3. The van der Waals surface area contributed by atoms with E-state index in [1.165, 1.54) is 12.1 Å². The SMILES string of the molecule is O=C(C=C/C=C/c1ccccc1)c1c(O)cccc1OCc1ccccc1. The van der Waals surface area contributed by atoms with Crippen molar-refractivity contribution in [3.63, 3.8) is 0 Å². The van der Waals surface area contributed by atoms with Gasteiger partial charge in [-0.15, -0.1) is 0 Å². The van der Waals surface area contributed by atoms with Crippen molar-refractivity contribution in [2.45, 2.75) is 6.61 Å². The molecule has 0 amide bonds. The molecule has 0 unspecified atom stereocenters. The summed E-state index contributed by atoms with van der Waals surface area (Å²) in [5, 5.41) is 10.1. The van der Waals surface area contributed by atoms with E-state index >= 15 is 0 Å². The second kappa shape index (κ2) is 9.20. The molecule has 0 aliphatic heterocycles. The average molecular weight is 356 g/mol. The Balaban J connectivity index is 1.72. The summed E-state index contributed by atoms with van der Waals surface area (Å²) < 4.78 is 5.77. The highest BCUT2D eigenvalue weighted by molar-refractivity contribution is 6.08. The molecule has 0 bridgehead atoms. The number of carbonyl (C=O) groups excluding carboxylic acids is 1. The minimum absolute atomic E-state index is 0.0951. The quantitative estimate of drug-likeness (QED) is 0.349. The molecule has 0 spiro atoms. The van der Waals surface area contributed by atoms with Gasteiger partial charge in [0.1, 0.15) is 23.7 Å². The first kappa shape index (κ1) is 18.2. The normalized spacial score (nSPS) is 11.1. The topological polar surface area (TPSA) is 46.5 Å². The van der Waals surface area contributed by atoms with E-state index in [2.05, 4.69) is 0 Å². The van der Waals surface area contributed by atoms with Crippen LogP contribution in [0.5, 0.6) is 11.5 Å². The van der Waals surface area contributed by atoms with Crippen LogP contribution in [0.1, 0.15) is 21.5 Å². The van der Waals surface area contributed by atoms with Crippen LogP contribution in [-0.4, -0.2) is 10.9 Å². The molecule has 0 radical (unpaired) electrons. The summed E-state index contributed by atoms with van der Waals surface area (Å²) in [4.78, 5) is 12.5. The van der Waals surface area contributed by atoms with Crippen LogP contribution in [-0.2, 0) is 6.61 Å². The fourth-order valence-electron chi connectivity index (χ4n) is 2.58. The van der Waals surface area contributed by atoms with E-state index in [-0.39, 0.29) is 17.1 Å². The van der Waals surface area contributed by atoms with Gasteiger partial charge in [-0.25, -0.2) is 0 Å². The van der Waals surface area contributed by atoms with Crippen LogP contribution < -0.4 is 4.74 Å². The number of aromatic hydroxyl groups is 1. The number of hydrogen-bond acceptors (Lipinski definition) is 3. The van der Waals surface area contributed by atoms with Gasteiger partial charge in [0.05, 0.1) is 0 Å². The number of rotatable bonds is 7. The third-order valence-electron chi connectivity index (χ3n) is 3.93. The van der Waals surface area contributed by atoms with Crippen molar-refractivity contribution >= 4 is 11.9 Å². The lowest BCUT2D eigenvalue weighted by Gasteiger charge is -2.11. The molecule has 0 aromatic heterocycles. The molecule has 0 fully saturated rings. The van der Waals surface area contributed by atoms with Gasteiger partial charge in [0.25, 0.3) is 0 Å². The zero-order valence-electron chi connectivity index (χ0n) is 14.8. The average Bonchev–Trinajstić information content (AvgIpc) is 2.71. The Hall–Kier alpha value is -3.59. The summed E-state index contributed by atoms with van der Waals surface area (Å²) in [7, 11) is 0. The van der Waals surface area contributed by atoms with Crippen LogP contribution in [0.3, 0.4) is 0 Å². The highest BCUT2D eigenvalue weighted by Gasteiger charge is 2.15. The molecule has 27 heavy (non-hydrogen) atoms. The van der Waals surface area contributed by atoms with Crippen molar-refractivity contribution < 1.29 is 14.6 Å². The number of phenols is 1. The molecule has 134 valence electrons. The molecule has 0 saturated carbocycles. The Kier molecular flexibility index (Phi) is 6.21. The molecule has 3 rings (SSSR count). The van der Waals surface area contributed by atoms with Gasteiger partial charge in [-0.3, -0.25) is 4.79 Å². The van der Waals surface area contributed by atoms with Crippen LogP contribution in [0.25, 0.3) is 6.08 Å². The Morgan fingerprint density at radius 1 is 0.852 bits per heavy atom. The van der Waals surface area contributed by atoms with E-state index < -0.39 is 0 Å². The maximum absolute atomic E-state index is 12.5. The second-order valence-corrected chi connectivity index (χ2v) is 5.92. The number of allylic oxidation sites excluding steroid dienone is 3. The molecule has 3 heteroatoms. The molecule has 0 heterocycles. The predicted octanol–water partition coefficient (Wildman–Crippen LogP) is 5.42. The molecule has 0 aliphatic carbocycles. The molecule has 3 aromatic carbocycles. The lowest BCUT2D eigenvalue weighted by Crippen LogP contribution is -2.02. The van der Waals surface area contributed by atoms with E-state index in [0.29, 0.717) is 12.4 Å². The fourth-order valence-corrected chi connectivity index (χ4v) is 2.58. The van der Waals surface area contributed by atoms with Crippen molar-refractivity contribution in [1.29, 1.82) is 0 Å². The lowest BCUT2D eigenvalue weighted by atomic mass is 10.1. The number of carbonyl (C=O) groups is 1. The van der Waals surface area contributed by atoms with Gasteiger partial charge in [-0.1, -0.05) is 85.0 Å². The minimum Gasteiger partial charge on any atom is -0.507 e. The summed E-state index contributed by atoms with van der Waals surface area (Å²) in [6, 6.07) is 24.3. The van der Waals surface area contributed by atoms with E-state index in [4.69, 9.17) is 4.74 Å². The summed E-state index contributed by atoms with van der Waals surface area (Å²) in [5.41, 5.74) is 2.20. The Morgan fingerprint density at radius 3 is 2.30 bits per heavy atom. The summed E-state index contributed by atoms with van der Waals surface area (Å²) in [6.07, 6.45) is 6.77. The first-order chi connectivity index (χ1) is 13.2. The zero-order valence-corrected chi connectivity index (χ0v) is 14.8. The van der Waals surface area contributed by atoms with Gasteiger partial charge in [0.2, 0.25) is 0 Å². The molecular weight excluding hydrogens is 336 g/mol. The van der Waals surface area contributed by atoms with Gasteiger partial charge < -0.3 is 9.84 Å². The van der Waals surface area contributed by atoms with Gasteiger partial charge in [-0.05, 0) is 29.3 Å². The third-order valence-corrected chi connectivity index (χ3v) is 3.93. The van der Waals surface area contributed by atoms with Gasteiger partial charge in [0, 0.05) is 0 Å². The van der Waals surface area contributed by atoms with Crippen molar-refractivity contribution in [1.82, 2.24) is 0 Å². The molecule has 0 saturated heterocycles. The smallest absolute Gasteiger partial charge is 0.193 e. The van der Waals surface area contributed by atoms with E-state index in [9.17, 15) is 9.90 Å². The highest BCUT2D eigenvalue weighted by atomic mass is 16.5. The molecule has 0 atom stereocenters. The third kappa shape index (κ3) is 5.19. The number of ketones is 1. The van der Waals surface area contributed by atoms with Gasteiger partial charge in [0.15, 0.2) is 5.78 Å². The van der Waals surface area contributed by atoms with E-state index in [0.717, 1.165) is 11.1 Å². The monoisotopic (exact) mass is 356 g/mol. The first-order valence-corrected chi connectivity index (χ1v) is 8.67. The summed E-state index contributed by atoms with van der Waals surface area (Å²) >= 11 is 0. The maximum atomic E-state index is 12.5. The van der Waals surface area contributed by atoms with Crippen LogP contribution in [0.15, 0.2) is 97.1 Å².